The quantitative estimate of drug-likeness (QED) is 0.681. The maximum atomic E-state index is 13.5. The molecule has 1 aromatic heterocycles. The van der Waals surface area contributed by atoms with Crippen molar-refractivity contribution in [3.05, 3.63) is 23.8 Å². The third kappa shape index (κ3) is 4.73. The van der Waals surface area contributed by atoms with Gasteiger partial charge in [-0.25, -0.2) is 0 Å². The molecule has 1 aliphatic carbocycles. The molecule has 0 aromatic carbocycles. The number of aromatic nitrogens is 2. The van der Waals surface area contributed by atoms with Gasteiger partial charge in [-0.1, -0.05) is 0 Å². The average molecular weight is 432 g/mol. The van der Waals surface area contributed by atoms with Crippen LogP contribution in [-0.4, -0.2) is 88.7 Å². The van der Waals surface area contributed by atoms with E-state index in [-0.39, 0.29) is 17.7 Å². The zero-order valence-corrected chi connectivity index (χ0v) is 18.3. The van der Waals surface area contributed by atoms with Gasteiger partial charge in [-0.05, 0) is 38.5 Å². The maximum Gasteiger partial charge on any atom is 0.248 e. The molecule has 3 aliphatic rings. The Morgan fingerprint density at radius 1 is 1.23 bits per heavy atom. The van der Waals surface area contributed by atoms with Crippen molar-refractivity contribution < 1.29 is 19.4 Å². The second-order valence-corrected chi connectivity index (χ2v) is 9.02. The summed E-state index contributed by atoms with van der Waals surface area (Å²) >= 11 is 0. The van der Waals surface area contributed by atoms with Crippen LogP contribution in [0.1, 0.15) is 37.1 Å². The van der Waals surface area contributed by atoms with Crippen LogP contribution in [0.4, 0.5) is 0 Å². The molecule has 0 bridgehead atoms. The molecule has 4 rings (SSSR count). The lowest BCUT2D eigenvalue weighted by atomic mass is 9.61. The number of carbonyl (C=O) groups excluding carboxylic acids is 2. The predicted octanol–water partition coefficient (Wildman–Crippen LogP) is 0.113. The molecule has 0 radical (unpaired) electrons. The third-order valence-corrected chi connectivity index (χ3v) is 7.25. The zero-order valence-electron chi connectivity index (χ0n) is 18.3. The van der Waals surface area contributed by atoms with Crippen LogP contribution in [0.2, 0.25) is 0 Å². The molecular weight excluding hydrogens is 398 g/mol. The minimum Gasteiger partial charge on any atom is -0.387 e. The van der Waals surface area contributed by atoms with Gasteiger partial charge in [0.1, 0.15) is 6.61 Å². The van der Waals surface area contributed by atoms with Crippen LogP contribution < -0.4 is 5.32 Å². The lowest BCUT2D eigenvalue weighted by Crippen LogP contribution is -2.61. The molecule has 1 aromatic rings. The van der Waals surface area contributed by atoms with Crippen molar-refractivity contribution in [2.24, 2.45) is 11.3 Å². The van der Waals surface area contributed by atoms with Gasteiger partial charge in [0, 0.05) is 38.4 Å². The number of amides is 2. The van der Waals surface area contributed by atoms with Crippen LogP contribution in [-0.2, 0) is 20.9 Å². The first kappa shape index (κ1) is 22.1. The Morgan fingerprint density at radius 3 is 2.74 bits per heavy atom. The summed E-state index contributed by atoms with van der Waals surface area (Å²) < 4.78 is 5.50. The predicted molar refractivity (Wildman–Crippen MR) is 113 cm³/mol. The number of aryl methyl sites for hydroxylation is 1. The smallest absolute Gasteiger partial charge is 0.248 e. The summed E-state index contributed by atoms with van der Waals surface area (Å²) in [5.41, 5.74) is 0.929. The molecule has 1 saturated carbocycles. The number of morpholine rings is 1. The SMILES string of the molecule is Cc1cnc(CNC(=O)[C@@]23CC[C@H](N4CCOCC4)C[C@H]2CCN(C(=O)CO)C3)cn1. The summed E-state index contributed by atoms with van der Waals surface area (Å²) in [6.07, 6.45) is 6.78. The van der Waals surface area contributed by atoms with Crippen molar-refractivity contribution in [2.75, 3.05) is 46.0 Å². The van der Waals surface area contributed by atoms with E-state index in [2.05, 4.69) is 20.2 Å². The molecule has 9 heteroatoms. The summed E-state index contributed by atoms with van der Waals surface area (Å²) in [6.45, 7) is 6.07. The van der Waals surface area contributed by atoms with Crippen LogP contribution in [0.5, 0.6) is 0 Å². The highest BCUT2D eigenvalue weighted by Gasteiger charge is 2.53. The summed E-state index contributed by atoms with van der Waals surface area (Å²) in [5.74, 6) is -0.109. The first-order valence-corrected chi connectivity index (χ1v) is 11.3. The van der Waals surface area contributed by atoms with Gasteiger partial charge < -0.3 is 20.1 Å². The minimum atomic E-state index is -0.621. The standard InChI is InChI=1S/C22H33N5O4/c1-16-11-24-18(12-23-16)13-25-21(30)22-4-2-19(26-6-8-31-9-7-26)10-17(22)3-5-27(15-22)20(29)14-28/h11-12,17,19,28H,2-10,13-15H2,1H3,(H,25,30)/t17-,19+,22-/m1/s1. The van der Waals surface area contributed by atoms with Crippen molar-refractivity contribution >= 4 is 11.8 Å². The van der Waals surface area contributed by atoms with Gasteiger partial charge in [0.25, 0.3) is 0 Å². The van der Waals surface area contributed by atoms with Crippen LogP contribution in [0.15, 0.2) is 12.4 Å². The van der Waals surface area contributed by atoms with Gasteiger partial charge in [0.15, 0.2) is 0 Å². The Morgan fingerprint density at radius 2 is 2.03 bits per heavy atom. The van der Waals surface area contributed by atoms with Gasteiger partial charge >= 0.3 is 0 Å². The summed E-state index contributed by atoms with van der Waals surface area (Å²) in [7, 11) is 0. The number of hydrogen-bond acceptors (Lipinski definition) is 7. The highest BCUT2D eigenvalue weighted by molar-refractivity contribution is 5.85. The molecule has 2 N–H and O–H groups in total. The van der Waals surface area contributed by atoms with Gasteiger partial charge in [0.2, 0.25) is 11.8 Å². The van der Waals surface area contributed by atoms with Crippen molar-refractivity contribution in [1.82, 2.24) is 25.1 Å². The van der Waals surface area contributed by atoms with Crippen LogP contribution >= 0.6 is 0 Å². The third-order valence-electron chi connectivity index (χ3n) is 7.25. The number of aliphatic hydroxyl groups is 1. The molecule has 3 heterocycles. The van der Waals surface area contributed by atoms with Gasteiger partial charge in [-0.3, -0.25) is 24.5 Å². The summed E-state index contributed by atoms with van der Waals surface area (Å²) in [4.78, 5) is 38.5. The van der Waals surface area contributed by atoms with Crippen LogP contribution in [0, 0.1) is 18.3 Å². The highest BCUT2D eigenvalue weighted by Crippen LogP contribution is 2.48. The van der Waals surface area contributed by atoms with Crippen molar-refractivity contribution in [3.8, 4) is 0 Å². The first-order valence-electron chi connectivity index (χ1n) is 11.3. The van der Waals surface area contributed by atoms with Crippen molar-refractivity contribution in [1.29, 1.82) is 0 Å². The van der Waals surface area contributed by atoms with Gasteiger partial charge in [-0.15, -0.1) is 0 Å². The van der Waals surface area contributed by atoms with E-state index in [1.165, 1.54) is 0 Å². The van der Waals surface area contributed by atoms with E-state index in [1.54, 1.807) is 17.3 Å². The summed E-state index contributed by atoms with van der Waals surface area (Å²) in [6, 6.07) is 0.456. The monoisotopic (exact) mass is 431 g/mol. The molecular formula is C22H33N5O4. The Bertz CT molecular complexity index is 783. The van der Waals surface area contributed by atoms with Gasteiger partial charge in [-0.2, -0.15) is 0 Å². The number of hydrogen-bond donors (Lipinski definition) is 2. The average Bonchev–Trinajstić information content (AvgIpc) is 2.82. The molecule has 9 nitrogen and oxygen atoms in total. The van der Waals surface area contributed by atoms with E-state index < -0.39 is 12.0 Å². The Balaban J connectivity index is 1.49. The number of carbonyl (C=O) groups is 2. The normalized spacial score (nSPS) is 29.3. The van der Waals surface area contributed by atoms with Crippen molar-refractivity contribution in [2.45, 2.75) is 45.2 Å². The minimum absolute atomic E-state index is 0.0178. The van der Waals surface area contributed by atoms with Crippen LogP contribution in [0.3, 0.4) is 0 Å². The van der Waals surface area contributed by atoms with Crippen LogP contribution in [0.25, 0.3) is 0 Å². The lowest BCUT2D eigenvalue weighted by Gasteiger charge is -2.53. The fraction of sp³-hybridized carbons (Fsp3) is 0.727. The molecule has 2 amide bonds. The lowest BCUT2D eigenvalue weighted by molar-refractivity contribution is -0.152. The number of nitrogens with one attached hydrogen (secondary N) is 1. The van der Waals surface area contributed by atoms with Gasteiger partial charge in [0.05, 0.1) is 42.8 Å². The number of piperidine rings is 1. The molecule has 170 valence electrons. The number of likely N-dealkylation sites (tertiary alicyclic amines) is 1. The number of rotatable bonds is 5. The number of fused-ring (bicyclic) bond motifs is 1. The molecule has 2 aliphatic heterocycles. The zero-order chi connectivity index (χ0) is 21.8. The van der Waals surface area contributed by atoms with E-state index in [0.29, 0.717) is 31.4 Å². The number of ether oxygens (including phenoxy) is 1. The maximum absolute atomic E-state index is 13.5. The topological polar surface area (TPSA) is 108 Å². The summed E-state index contributed by atoms with van der Waals surface area (Å²) in [5, 5.41) is 12.4. The molecule has 0 unspecified atom stereocenters. The van der Waals surface area contributed by atoms with E-state index in [9.17, 15) is 14.7 Å². The number of nitrogens with zero attached hydrogens (tertiary/aromatic N) is 4. The van der Waals surface area contributed by atoms with E-state index in [1.807, 2.05) is 6.92 Å². The highest BCUT2D eigenvalue weighted by atomic mass is 16.5. The van der Waals surface area contributed by atoms with E-state index in [4.69, 9.17) is 4.74 Å². The second-order valence-electron chi connectivity index (χ2n) is 9.02. The Kier molecular flexibility index (Phi) is 6.83. The molecule has 2 saturated heterocycles. The van der Waals surface area contributed by atoms with E-state index >= 15 is 0 Å². The second kappa shape index (κ2) is 9.58. The van der Waals surface area contributed by atoms with Crippen molar-refractivity contribution in [3.63, 3.8) is 0 Å². The first-order chi connectivity index (χ1) is 15.0. The Hall–Kier alpha value is -2.10. The fourth-order valence-corrected chi connectivity index (χ4v) is 5.45. The Labute approximate surface area is 183 Å². The molecule has 0 spiro atoms. The molecule has 3 atom stereocenters. The largest absolute Gasteiger partial charge is 0.387 e. The van der Waals surface area contributed by atoms with E-state index in [0.717, 1.165) is 57.7 Å². The number of aliphatic hydroxyl groups excluding tert-OH is 1. The fourth-order valence-electron chi connectivity index (χ4n) is 5.45. The molecule has 31 heavy (non-hydrogen) atoms. The molecule has 3 fully saturated rings.